The molecule has 98 valence electrons. The molecular weight excluding hydrogens is 308 g/mol. The second-order valence-corrected chi connectivity index (χ2v) is 4.79. The van der Waals surface area contributed by atoms with Gasteiger partial charge in [0, 0.05) is 17.2 Å². The molecule has 0 aliphatic heterocycles. The molecule has 0 saturated heterocycles. The number of esters is 1. The second-order valence-electron chi connectivity index (χ2n) is 3.87. The Hall–Kier alpha value is -1.88. The molecule has 0 fully saturated rings. The summed E-state index contributed by atoms with van der Waals surface area (Å²) >= 11 is 3.42. The van der Waals surface area contributed by atoms with Crippen molar-refractivity contribution in [3.63, 3.8) is 0 Å². The Balaban J connectivity index is 2.13. The average Bonchev–Trinajstić information content (AvgIpc) is 2.45. The number of nitrogens with zero attached hydrogens (tertiary/aromatic N) is 1. The number of rotatable bonds is 4. The summed E-state index contributed by atoms with van der Waals surface area (Å²) in [6.07, 6.45) is 1.63. The number of nitrogens with one attached hydrogen (secondary N) is 1. The maximum absolute atomic E-state index is 11.6. The lowest BCUT2D eigenvalue weighted by Crippen LogP contribution is -2.09. The third-order valence-electron chi connectivity index (χ3n) is 2.56. The van der Waals surface area contributed by atoms with Crippen LogP contribution in [0.15, 0.2) is 47.1 Å². The van der Waals surface area contributed by atoms with Gasteiger partial charge >= 0.3 is 5.97 Å². The van der Waals surface area contributed by atoms with Crippen molar-refractivity contribution >= 4 is 27.7 Å². The van der Waals surface area contributed by atoms with Crippen LogP contribution in [0.2, 0.25) is 0 Å². The fourth-order valence-electron chi connectivity index (χ4n) is 1.65. The smallest absolute Gasteiger partial charge is 0.341 e. The van der Waals surface area contributed by atoms with Gasteiger partial charge in [-0.2, -0.15) is 0 Å². The number of anilines is 1. The van der Waals surface area contributed by atoms with E-state index in [1.54, 1.807) is 18.3 Å². The summed E-state index contributed by atoms with van der Waals surface area (Å²) in [7, 11) is 1.35. The van der Waals surface area contributed by atoms with Gasteiger partial charge < -0.3 is 10.1 Å². The molecule has 0 aliphatic carbocycles. The number of benzene rings is 1. The molecule has 0 bridgehead atoms. The van der Waals surface area contributed by atoms with Gasteiger partial charge in [-0.15, -0.1) is 0 Å². The molecule has 2 aromatic rings. The van der Waals surface area contributed by atoms with Crippen molar-refractivity contribution in [3.05, 3.63) is 58.2 Å². The number of pyridine rings is 1. The van der Waals surface area contributed by atoms with Crippen molar-refractivity contribution in [1.82, 2.24) is 4.98 Å². The van der Waals surface area contributed by atoms with Gasteiger partial charge in [0.1, 0.15) is 11.4 Å². The lowest BCUT2D eigenvalue weighted by molar-refractivity contribution is 0.0601. The van der Waals surface area contributed by atoms with Gasteiger partial charge in [0.15, 0.2) is 0 Å². The minimum Gasteiger partial charge on any atom is -0.465 e. The molecule has 1 aromatic carbocycles. The predicted molar refractivity (Wildman–Crippen MR) is 77.0 cm³/mol. The van der Waals surface area contributed by atoms with Gasteiger partial charge in [-0.25, -0.2) is 9.78 Å². The van der Waals surface area contributed by atoms with Crippen LogP contribution in [-0.2, 0) is 11.3 Å². The van der Waals surface area contributed by atoms with Crippen molar-refractivity contribution in [2.24, 2.45) is 0 Å². The topological polar surface area (TPSA) is 51.2 Å². The normalized spacial score (nSPS) is 10.0. The number of carbonyl (C=O) groups excluding carboxylic acids is 1. The van der Waals surface area contributed by atoms with Crippen LogP contribution in [-0.4, -0.2) is 18.1 Å². The number of hydrogen-bond acceptors (Lipinski definition) is 4. The first-order chi connectivity index (χ1) is 9.20. The molecule has 1 aromatic heterocycles. The molecular formula is C14H13BrN2O2. The largest absolute Gasteiger partial charge is 0.465 e. The molecule has 1 N–H and O–H groups in total. The van der Waals surface area contributed by atoms with E-state index < -0.39 is 5.97 Å². The van der Waals surface area contributed by atoms with E-state index >= 15 is 0 Å². The van der Waals surface area contributed by atoms with Gasteiger partial charge in [0.2, 0.25) is 0 Å². The van der Waals surface area contributed by atoms with Gasteiger partial charge in [0.25, 0.3) is 0 Å². The maximum Gasteiger partial charge on any atom is 0.341 e. The lowest BCUT2D eigenvalue weighted by Gasteiger charge is -2.09. The van der Waals surface area contributed by atoms with Crippen LogP contribution in [0.3, 0.4) is 0 Å². The summed E-state index contributed by atoms with van der Waals surface area (Å²) in [5.41, 5.74) is 1.52. The van der Waals surface area contributed by atoms with Crippen molar-refractivity contribution in [3.8, 4) is 0 Å². The summed E-state index contributed by atoms with van der Waals surface area (Å²) in [4.78, 5) is 15.8. The fraction of sp³-hybridized carbons (Fsp3) is 0.143. The third-order valence-corrected chi connectivity index (χ3v) is 3.06. The van der Waals surface area contributed by atoms with E-state index in [2.05, 4.69) is 26.2 Å². The zero-order valence-electron chi connectivity index (χ0n) is 10.4. The highest BCUT2D eigenvalue weighted by molar-refractivity contribution is 9.10. The lowest BCUT2D eigenvalue weighted by atomic mass is 10.2. The van der Waals surface area contributed by atoms with E-state index in [0.29, 0.717) is 17.9 Å². The Morgan fingerprint density at radius 3 is 2.95 bits per heavy atom. The van der Waals surface area contributed by atoms with Crippen LogP contribution in [0.5, 0.6) is 0 Å². The molecule has 0 amide bonds. The Kier molecular flexibility index (Phi) is 4.52. The van der Waals surface area contributed by atoms with E-state index in [0.717, 1.165) is 10.0 Å². The number of carbonyl (C=O) groups is 1. The van der Waals surface area contributed by atoms with Crippen molar-refractivity contribution in [2.75, 3.05) is 12.4 Å². The van der Waals surface area contributed by atoms with Crippen LogP contribution in [0.4, 0.5) is 5.82 Å². The third kappa shape index (κ3) is 3.54. The SMILES string of the molecule is COC(=O)c1cccnc1NCc1cccc(Br)c1. The van der Waals surface area contributed by atoms with Crippen molar-refractivity contribution < 1.29 is 9.53 Å². The molecule has 19 heavy (non-hydrogen) atoms. The van der Waals surface area contributed by atoms with Crippen molar-refractivity contribution in [1.29, 1.82) is 0 Å². The monoisotopic (exact) mass is 320 g/mol. The summed E-state index contributed by atoms with van der Waals surface area (Å²) in [6, 6.07) is 11.3. The number of hydrogen-bond donors (Lipinski definition) is 1. The molecule has 5 heteroatoms. The van der Waals surface area contributed by atoms with Gasteiger partial charge in [0.05, 0.1) is 7.11 Å². The number of aromatic nitrogens is 1. The van der Waals surface area contributed by atoms with Crippen molar-refractivity contribution in [2.45, 2.75) is 6.54 Å². The molecule has 1 heterocycles. The number of ether oxygens (including phenoxy) is 1. The number of halogens is 1. The summed E-state index contributed by atoms with van der Waals surface area (Å²) in [6.45, 7) is 0.584. The highest BCUT2D eigenvalue weighted by Gasteiger charge is 2.11. The zero-order chi connectivity index (χ0) is 13.7. The predicted octanol–water partition coefficient (Wildman–Crippen LogP) is 3.24. The average molecular weight is 321 g/mol. The zero-order valence-corrected chi connectivity index (χ0v) is 12.0. The molecule has 0 atom stereocenters. The first kappa shape index (κ1) is 13.5. The standard InChI is InChI=1S/C14H13BrN2O2/c1-19-14(18)12-6-3-7-16-13(12)17-9-10-4-2-5-11(15)8-10/h2-8H,9H2,1H3,(H,16,17). The fourth-order valence-corrected chi connectivity index (χ4v) is 2.10. The first-order valence-corrected chi connectivity index (χ1v) is 6.51. The molecule has 0 saturated carbocycles. The quantitative estimate of drug-likeness (QED) is 0.879. The minimum absolute atomic E-state index is 0.398. The molecule has 0 unspecified atom stereocenters. The second kappa shape index (κ2) is 6.33. The van der Waals surface area contributed by atoms with Gasteiger partial charge in [-0.3, -0.25) is 0 Å². The van der Waals surface area contributed by atoms with Gasteiger partial charge in [-0.05, 0) is 29.8 Å². The molecule has 2 rings (SSSR count). The number of methoxy groups -OCH3 is 1. The summed E-state index contributed by atoms with van der Waals surface area (Å²) < 4.78 is 5.74. The Bertz CT molecular complexity index is 587. The van der Waals surface area contributed by atoms with Crippen LogP contribution in [0.25, 0.3) is 0 Å². The molecule has 4 nitrogen and oxygen atoms in total. The highest BCUT2D eigenvalue weighted by Crippen LogP contribution is 2.16. The van der Waals surface area contributed by atoms with E-state index in [1.165, 1.54) is 7.11 Å². The summed E-state index contributed by atoms with van der Waals surface area (Å²) in [5.74, 6) is 0.124. The van der Waals surface area contributed by atoms with Crippen LogP contribution in [0.1, 0.15) is 15.9 Å². The van der Waals surface area contributed by atoms with Crippen LogP contribution < -0.4 is 5.32 Å². The van der Waals surface area contributed by atoms with E-state index in [4.69, 9.17) is 4.74 Å². The van der Waals surface area contributed by atoms with Gasteiger partial charge in [-0.1, -0.05) is 28.1 Å². The Morgan fingerprint density at radius 1 is 1.37 bits per heavy atom. The summed E-state index contributed by atoms with van der Waals surface area (Å²) in [5, 5.41) is 3.14. The molecule has 0 spiro atoms. The molecule has 0 aliphatic rings. The Labute approximate surface area is 119 Å². The Morgan fingerprint density at radius 2 is 2.21 bits per heavy atom. The molecule has 0 radical (unpaired) electrons. The van der Waals surface area contributed by atoms with Crippen LogP contribution >= 0.6 is 15.9 Å². The van der Waals surface area contributed by atoms with Crippen LogP contribution in [0, 0.1) is 0 Å². The minimum atomic E-state index is -0.398. The van der Waals surface area contributed by atoms with E-state index in [1.807, 2.05) is 24.3 Å². The van der Waals surface area contributed by atoms with E-state index in [-0.39, 0.29) is 0 Å². The maximum atomic E-state index is 11.6. The highest BCUT2D eigenvalue weighted by atomic mass is 79.9. The van der Waals surface area contributed by atoms with E-state index in [9.17, 15) is 4.79 Å². The first-order valence-electron chi connectivity index (χ1n) is 5.72.